The molecule has 0 saturated carbocycles. The van der Waals surface area contributed by atoms with Gasteiger partial charge in [-0.1, -0.05) is 18.2 Å². The van der Waals surface area contributed by atoms with Crippen LogP contribution in [0.1, 0.15) is 17.4 Å². The highest BCUT2D eigenvalue weighted by Crippen LogP contribution is 2.18. The van der Waals surface area contributed by atoms with Gasteiger partial charge in [-0.3, -0.25) is 9.48 Å². The number of aryl methyl sites for hydroxylation is 1. The van der Waals surface area contributed by atoms with Gasteiger partial charge in [0, 0.05) is 26.0 Å². The van der Waals surface area contributed by atoms with Crippen molar-refractivity contribution in [2.24, 2.45) is 7.05 Å². The van der Waals surface area contributed by atoms with Gasteiger partial charge in [0.2, 0.25) is 0 Å². The first kappa shape index (κ1) is 10.7. The van der Waals surface area contributed by atoms with Crippen LogP contribution in [-0.4, -0.2) is 34.2 Å². The quantitative estimate of drug-likeness (QED) is 0.767. The van der Waals surface area contributed by atoms with Crippen LogP contribution in [0.2, 0.25) is 0 Å². The van der Waals surface area contributed by atoms with Crippen LogP contribution in [0.25, 0.3) is 10.9 Å². The number of hydrogen-bond acceptors (Lipinski definition) is 2. The molecule has 2 aromatic rings. The van der Waals surface area contributed by atoms with E-state index in [1.165, 1.54) is 0 Å². The van der Waals surface area contributed by atoms with Crippen molar-refractivity contribution < 1.29 is 4.79 Å². The lowest BCUT2D eigenvalue weighted by molar-refractivity contribution is 0.0793. The van der Waals surface area contributed by atoms with E-state index in [1.54, 1.807) is 23.7 Å². The van der Waals surface area contributed by atoms with E-state index in [-0.39, 0.29) is 5.91 Å². The monoisotopic (exact) mass is 217 g/mol. The molecule has 0 aliphatic rings. The maximum atomic E-state index is 12.1. The van der Waals surface area contributed by atoms with Crippen molar-refractivity contribution in [1.82, 2.24) is 14.7 Å². The van der Waals surface area contributed by atoms with Gasteiger partial charge in [0.15, 0.2) is 0 Å². The highest BCUT2D eigenvalue weighted by Gasteiger charge is 2.18. The summed E-state index contributed by atoms with van der Waals surface area (Å²) in [5.41, 5.74) is 1.51. The number of hydrogen-bond donors (Lipinski definition) is 0. The lowest BCUT2D eigenvalue weighted by Crippen LogP contribution is -2.28. The Bertz CT molecular complexity index is 530. The third kappa shape index (κ3) is 1.56. The van der Waals surface area contributed by atoms with Crippen molar-refractivity contribution >= 4 is 16.8 Å². The summed E-state index contributed by atoms with van der Waals surface area (Å²) in [6, 6.07) is 7.69. The second-order valence-electron chi connectivity index (χ2n) is 3.81. The molecule has 0 fully saturated rings. The van der Waals surface area contributed by atoms with Gasteiger partial charge in [-0.05, 0) is 13.0 Å². The van der Waals surface area contributed by atoms with Crippen molar-refractivity contribution in [1.29, 1.82) is 0 Å². The van der Waals surface area contributed by atoms with Gasteiger partial charge in [0.1, 0.15) is 5.69 Å². The molecular weight excluding hydrogens is 202 g/mol. The zero-order chi connectivity index (χ0) is 11.7. The minimum atomic E-state index is 0.0127. The molecule has 0 spiro atoms. The number of fused-ring (bicyclic) bond motifs is 1. The SMILES string of the molecule is CCN(C)C(=O)c1c2ccccc2nn1C. The van der Waals surface area contributed by atoms with E-state index in [0.29, 0.717) is 12.2 Å². The summed E-state index contributed by atoms with van der Waals surface area (Å²) >= 11 is 0. The second kappa shape index (κ2) is 3.96. The fourth-order valence-corrected chi connectivity index (χ4v) is 1.73. The zero-order valence-corrected chi connectivity index (χ0v) is 9.77. The van der Waals surface area contributed by atoms with E-state index in [9.17, 15) is 4.79 Å². The molecule has 2 rings (SSSR count). The van der Waals surface area contributed by atoms with Gasteiger partial charge in [0.05, 0.1) is 5.52 Å². The molecule has 4 nitrogen and oxygen atoms in total. The molecule has 0 radical (unpaired) electrons. The van der Waals surface area contributed by atoms with Crippen LogP contribution < -0.4 is 0 Å². The van der Waals surface area contributed by atoms with Crippen LogP contribution in [0.15, 0.2) is 24.3 Å². The Morgan fingerprint density at radius 2 is 2.12 bits per heavy atom. The summed E-state index contributed by atoms with van der Waals surface area (Å²) in [6.07, 6.45) is 0. The second-order valence-corrected chi connectivity index (χ2v) is 3.81. The summed E-state index contributed by atoms with van der Waals surface area (Å²) in [5.74, 6) is 0.0127. The van der Waals surface area contributed by atoms with Crippen LogP contribution in [0.3, 0.4) is 0 Å². The molecule has 0 unspecified atom stereocenters. The van der Waals surface area contributed by atoms with Gasteiger partial charge in [-0.15, -0.1) is 0 Å². The summed E-state index contributed by atoms with van der Waals surface area (Å²) in [4.78, 5) is 13.8. The van der Waals surface area contributed by atoms with Crippen molar-refractivity contribution in [3.8, 4) is 0 Å². The minimum absolute atomic E-state index is 0.0127. The largest absolute Gasteiger partial charge is 0.341 e. The maximum absolute atomic E-state index is 12.1. The van der Waals surface area contributed by atoms with Crippen molar-refractivity contribution in [2.45, 2.75) is 6.92 Å². The lowest BCUT2D eigenvalue weighted by atomic mass is 10.2. The Morgan fingerprint density at radius 3 is 2.81 bits per heavy atom. The smallest absolute Gasteiger partial charge is 0.272 e. The predicted octanol–water partition coefficient (Wildman–Crippen LogP) is 1.67. The van der Waals surface area contributed by atoms with Crippen LogP contribution in [-0.2, 0) is 7.05 Å². The van der Waals surface area contributed by atoms with E-state index in [4.69, 9.17) is 0 Å². The van der Waals surface area contributed by atoms with E-state index in [0.717, 1.165) is 10.9 Å². The van der Waals surface area contributed by atoms with Crippen LogP contribution >= 0.6 is 0 Å². The highest BCUT2D eigenvalue weighted by atomic mass is 16.2. The molecule has 1 amide bonds. The van der Waals surface area contributed by atoms with Crippen molar-refractivity contribution in [3.63, 3.8) is 0 Å². The van der Waals surface area contributed by atoms with E-state index >= 15 is 0 Å². The van der Waals surface area contributed by atoms with E-state index < -0.39 is 0 Å². The van der Waals surface area contributed by atoms with Gasteiger partial charge in [-0.25, -0.2) is 0 Å². The molecule has 0 N–H and O–H groups in total. The number of amides is 1. The number of benzene rings is 1. The van der Waals surface area contributed by atoms with E-state index in [2.05, 4.69) is 5.10 Å². The Hall–Kier alpha value is -1.84. The fraction of sp³-hybridized carbons (Fsp3) is 0.333. The van der Waals surface area contributed by atoms with Crippen LogP contribution in [0.5, 0.6) is 0 Å². The Balaban J connectivity index is 2.59. The van der Waals surface area contributed by atoms with Crippen molar-refractivity contribution in [3.05, 3.63) is 30.0 Å². The first-order chi connectivity index (χ1) is 7.65. The normalized spacial score (nSPS) is 10.7. The number of rotatable bonds is 2. The molecule has 84 valence electrons. The van der Waals surface area contributed by atoms with Gasteiger partial charge in [0.25, 0.3) is 5.91 Å². The third-order valence-electron chi connectivity index (χ3n) is 2.76. The molecular formula is C12H15N3O. The molecule has 0 bridgehead atoms. The lowest BCUT2D eigenvalue weighted by Gasteiger charge is -2.14. The van der Waals surface area contributed by atoms with E-state index in [1.807, 2.05) is 31.2 Å². The number of nitrogens with zero attached hydrogens (tertiary/aromatic N) is 3. The first-order valence-corrected chi connectivity index (χ1v) is 5.32. The molecule has 16 heavy (non-hydrogen) atoms. The molecule has 0 aliphatic heterocycles. The molecule has 0 atom stereocenters. The number of aromatic nitrogens is 2. The predicted molar refractivity (Wildman–Crippen MR) is 63.3 cm³/mol. The number of carbonyl (C=O) groups is 1. The Labute approximate surface area is 94.5 Å². The fourth-order valence-electron chi connectivity index (χ4n) is 1.73. The minimum Gasteiger partial charge on any atom is -0.341 e. The van der Waals surface area contributed by atoms with Gasteiger partial charge in [-0.2, -0.15) is 5.10 Å². The van der Waals surface area contributed by atoms with Crippen LogP contribution in [0.4, 0.5) is 0 Å². The summed E-state index contributed by atoms with van der Waals surface area (Å²) in [7, 11) is 3.60. The maximum Gasteiger partial charge on any atom is 0.272 e. The molecule has 1 heterocycles. The first-order valence-electron chi connectivity index (χ1n) is 5.32. The molecule has 0 aliphatic carbocycles. The topological polar surface area (TPSA) is 38.1 Å². The highest BCUT2D eigenvalue weighted by molar-refractivity contribution is 6.04. The summed E-state index contributed by atoms with van der Waals surface area (Å²) in [6.45, 7) is 2.65. The average Bonchev–Trinajstić information content (AvgIpc) is 2.63. The number of carbonyl (C=O) groups excluding carboxylic acids is 1. The van der Waals surface area contributed by atoms with Crippen molar-refractivity contribution in [2.75, 3.05) is 13.6 Å². The third-order valence-corrected chi connectivity index (χ3v) is 2.76. The van der Waals surface area contributed by atoms with Crippen LogP contribution in [0, 0.1) is 0 Å². The molecule has 4 heteroatoms. The summed E-state index contributed by atoms with van der Waals surface area (Å²) in [5, 5.41) is 5.23. The molecule has 1 aromatic carbocycles. The summed E-state index contributed by atoms with van der Waals surface area (Å²) < 4.78 is 1.65. The standard InChI is InChI=1S/C12H15N3O/c1-4-14(2)12(16)11-9-7-5-6-8-10(9)13-15(11)3/h5-8H,4H2,1-3H3. The molecule has 1 aromatic heterocycles. The van der Waals surface area contributed by atoms with Gasteiger partial charge >= 0.3 is 0 Å². The Kier molecular flexibility index (Phi) is 2.64. The Morgan fingerprint density at radius 1 is 1.44 bits per heavy atom. The zero-order valence-electron chi connectivity index (χ0n) is 9.77. The molecule has 0 saturated heterocycles. The van der Waals surface area contributed by atoms with Gasteiger partial charge < -0.3 is 4.90 Å². The average molecular weight is 217 g/mol.